The van der Waals surface area contributed by atoms with E-state index in [9.17, 15) is 4.79 Å². The minimum atomic E-state index is 0.116. The summed E-state index contributed by atoms with van der Waals surface area (Å²) >= 11 is 0. The Morgan fingerprint density at radius 1 is 1.00 bits per heavy atom. The number of hydrogen-bond acceptors (Lipinski definition) is 2. The molecule has 102 valence electrons. The Morgan fingerprint density at radius 3 is 2.50 bits per heavy atom. The quantitative estimate of drug-likeness (QED) is 0.835. The van der Waals surface area contributed by atoms with Crippen LogP contribution < -0.4 is 5.32 Å². The monoisotopic (exact) mass is 265 g/mol. The van der Waals surface area contributed by atoms with E-state index in [0.29, 0.717) is 0 Å². The molecule has 20 heavy (non-hydrogen) atoms. The van der Waals surface area contributed by atoms with Crippen LogP contribution in [0.1, 0.15) is 39.0 Å². The number of hydrogen-bond donors (Lipinski definition) is 1. The van der Waals surface area contributed by atoms with Gasteiger partial charge in [-0.05, 0) is 62.6 Å². The van der Waals surface area contributed by atoms with Gasteiger partial charge in [-0.15, -0.1) is 0 Å². The van der Waals surface area contributed by atoms with Crippen molar-refractivity contribution in [2.24, 2.45) is 0 Å². The van der Waals surface area contributed by atoms with Crippen LogP contribution in [0, 0.1) is 13.8 Å². The zero-order chi connectivity index (χ0) is 14.1. The molecule has 1 N–H and O–H groups in total. The molecule has 3 rings (SSSR count). The lowest BCUT2D eigenvalue weighted by Gasteiger charge is -2.18. The van der Waals surface area contributed by atoms with Crippen molar-refractivity contribution in [2.45, 2.75) is 26.7 Å². The Kier molecular flexibility index (Phi) is 3.31. The summed E-state index contributed by atoms with van der Waals surface area (Å²) in [6.45, 7) is 5.08. The molecule has 0 unspecified atom stereocenters. The molecule has 1 aliphatic heterocycles. The first-order valence-corrected chi connectivity index (χ1v) is 7.13. The Hall–Kier alpha value is -2.09. The first kappa shape index (κ1) is 12.9. The van der Waals surface area contributed by atoms with Crippen molar-refractivity contribution in [3.63, 3.8) is 0 Å². The fourth-order valence-corrected chi connectivity index (χ4v) is 2.89. The third kappa shape index (κ3) is 2.46. The molecule has 0 atom stereocenters. The second-order valence-corrected chi connectivity index (χ2v) is 5.61. The number of aryl methyl sites for hydroxylation is 3. The first-order chi connectivity index (χ1) is 9.63. The number of rotatable bonds is 2. The van der Waals surface area contributed by atoms with E-state index in [1.807, 2.05) is 44.2 Å². The highest BCUT2D eigenvalue weighted by Gasteiger charge is 2.14. The Balaban J connectivity index is 1.97. The summed E-state index contributed by atoms with van der Waals surface area (Å²) in [5, 5.41) is 3.38. The van der Waals surface area contributed by atoms with Gasteiger partial charge in [-0.25, -0.2) is 0 Å². The van der Waals surface area contributed by atoms with Gasteiger partial charge >= 0.3 is 0 Å². The standard InChI is InChI=1S/C18H19NO/c1-12-8-13(2)10-16(9-12)18(20)15-5-6-17-14(11-15)4-3-7-19-17/h5-6,8-11,19H,3-4,7H2,1-2H3. The van der Waals surface area contributed by atoms with Crippen molar-refractivity contribution in [1.29, 1.82) is 0 Å². The van der Waals surface area contributed by atoms with Gasteiger partial charge in [0, 0.05) is 23.4 Å². The van der Waals surface area contributed by atoms with Crippen LogP contribution in [0.3, 0.4) is 0 Å². The van der Waals surface area contributed by atoms with E-state index in [4.69, 9.17) is 0 Å². The Bertz CT molecular complexity index is 653. The number of ketones is 1. The zero-order valence-corrected chi connectivity index (χ0v) is 12.0. The number of fused-ring (bicyclic) bond motifs is 1. The summed E-state index contributed by atoms with van der Waals surface area (Å²) in [6, 6.07) is 12.0. The average molecular weight is 265 g/mol. The SMILES string of the molecule is Cc1cc(C)cc(C(=O)c2ccc3c(c2)CCCN3)c1. The molecule has 2 heteroatoms. The highest BCUT2D eigenvalue weighted by Crippen LogP contribution is 2.24. The predicted molar refractivity (Wildman–Crippen MR) is 82.6 cm³/mol. The summed E-state index contributed by atoms with van der Waals surface area (Å²) in [5.41, 5.74) is 6.27. The van der Waals surface area contributed by atoms with Gasteiger partial charge < -0.3 is 5.32 Å². The molecule has 2 aromatic rings. The van der Waals surface area contributed by atoms with Crippen LogP contribution in [0.2, 0.25) is 0 Å². The molecule has 0 fully saturated rings. The molecule has 0 bridgehead atoms. The number of carbonyl (C=O) groups is 1. The van der Waals surface area contributed by atoms with E-state index in [-0.39, 0.29) is 5.78 Å². The van der Waals surface area contributed by atoms with Crippen molar-refractivity contribution in [3.8, 4) is 0 Å². The number of benzene rings is 2. The van der Waals surface area contributed by atoms with E-state index in [1.54, 1.807) is 0 Å². The van der Waals surface area contributed by atoms with Crippen LogP contribution in [0.4, 0.5) is 5.69 Å². The molecule has 0 spiro atoms. The van der Waals surface area contributed by atoms with Gasteiger partial charge in [-0.1, -0.05) is 17.2 Å². The van der Waals surface area contributed by atoms with Crippen LogP contribution in [-0.2, 0) is 6.42 Å². The largest absolute Gasteiger partial charge is 0.385 e. The third-order valence-corrected chi connectivity index (χ3v) is 3.79. The fourth-order valence-electron chi connectivity index (χ4n) is 2.89. The van der Waals surface area contributed by atoms with Crippen molar-refractivity contribution in [2.75, 3.05) is 11.9 Å². The minimum Gasteiger partial charge on any atom is -0.385 e. The summed E-state index contributed by atoms with van der Waals surface area (Å²) in [5.74, 6) is 0.116. The van der Waals surface area contributed by atoms with Crippen molar-refractivity contribution >= 4 is 11.5 Å². The lowest BCUT2D eigenvalue weighted by Crippen LogP contribution is -2.13. The molecule has 0 saturated carbocycles. The summed E-state index contributed by atoms with van der Waals surface area (Å²) < 4.78 is 0. The van der Waals surface area contributed by atoms with Crippen molar-refractivity contribution < 1.29 is 4.79 Å². The van der Waals surface area contributed by atoms with Crippen LogP contribution in [-0.4, -0.2) is 12.3 Å². The normalized spacial score (nSPS) is 13.5. The predicted octanol–water partition coefficient (Wildman–Crippen LogP) is 3.89. The molecule has 2 nitrogen and oxygen atoms in total. The van der Waals surface area contributed by atoms with E-state index in [1.165, 1.54) is 11.3 Å². The maximum absolute atomic E-state index is 12.6. The second-order valence-electron chi connectivity index (χ2n) is 5.61. The van der Waals surface area contributed by atoms with Gasteiger partial charge in [0.25, 0.3) is 0 Å². The van der Waals surface area contributed by atoms with Gasteiger partial charge in [0.2, 0.25) is 0 Å². The van der Waals surface area contributed by atoms with Gasteiger partial charge in [-0.3, -0.25) is 4.79 Å². The second kappa shape index (κ2) is 5.12. The van der Waals surface area contributed by atoms with E-state index >= 15 is 0 Å². The van der Waals surface area contributed by atoms with Crippen LogP contribution in [0.5, 0.6) is 0 Å². The van der Waals surface area contributed by atoms with E-state index < -0.39 is 0 Å². The van der Waals surface area contributed by atoms with Gasteiger partial charge in [-0.2, -0.15) is 0 Å². The van der Waals surface area contributed by atoms with Gasteiger partial charge in [0.15, 0.2) is 5.78 Å². The smallest absolute Gasteiger partial charge is 0.193 e. The number of nitrogens with one attached hydrogen (secondary N) is 1. The average Bonchev–Trinajstić information content (AvgIpc) is 2.45. The number of anilines is 1. The van der Waals surface area contributed by atoms with E-state index in [0.717, 1.165) is 41.6 Å². The minimum absolute atomic E-state index is 0.116. The highest BCUT2D eigenvalue weighted by atomic mass is 16.1. The Morgan fingerprint density at radius 2 is 1.75 bits per heavy atom. The van der Waals surface area contributed by atoms with Crippen molar-refractivity contribution in [1.82, 2.24) is 0 Å². The lowest BCUT2D eigenvalue weighted by molar-refractivity contribution is 0.103. The lowest BCUT2D eigenvalue weighted by atomic mass is 9.95. The zero-order valence-electron chi connectivity index (χ0n) is 12.0. The highest BCUT2D eigenvalue weighted by molar-refractivity contribution is 6.09. The maximum atomic E-state index is 12.6. The fraction of sp³-hybridized carbons (Fsp3) is 0.278. The summed E-state index contributed by atoms with van der Waals surface area (Å²) in [7, 11) is 0. The molecular weight excluding hydrogens is 246 g/mol. The van der Waals surface area contributed by atoms with Crippen LogP contribution in [0.15, 0.2) is 36.4 Å². The molecule has 0 radical (unpaired) electrons. The molecule has 0 saturated heterocycles. The van der Waals surface area contributed by atoms with Crippen molar-refractivity contribution in [3.05, 3.63) is 64.2 Å². The van der Waals surface area contributed by atoms with Gasteiger partial charge in [0.1, 0.15) is 0 Å². The maximum Gasteiger partial charge on any atom is 0.193 e. The molecular formula is C18H19NO. The molecule has 0 amide bonds. The first-order valence-electron chi connectivity index (χ1n) is 7.13. The van der Waals surface area contributed by atoms with Crippen LogP contribution in [0.25, 0.3) is 0 Å². The topological polar surface area (TPSA) is 29.1 Å². The summed E-state index contributed by atoms with van der Waals surface area (Å²) in [4.78, 5) is 12.6. The summed E-state index contributed by atoms with van der Waals surface area (Å²) in [6.07, 6.45) is 2.19. The molecule has 0 aliphatic carbocycles. The third-order valence-electron chi connectivity index (χ3n) is 3.79. The van der Waals surface area contributed by atoms with Gasteiger partial charge in [0.05, 0.1) is 0 Å². The Labute approximate surface area is 119 Å². The molecule has 2 aromatic carbocycles. The molecule has 1 aliphatic rings. The van der Waals surface area contributed by atoms with Crippen LogP contribution >= 0.6 is 0 Å². The molecule has 1 heterocycles. The molecule has 0 aromatic heterocycles. The number of carbonyl (C=O) groups excluding carboxylic acids is 1. The van der Waals surface area contributed by atoms with E-state index in [2.05, 4.69) is 11.4 Å².